The molecule has 0 unspecified atom stereocenters. The molecule has 0 aromatic heterocycles. The van der Waals surface area contributed by atoms with Crippen LogP contribution < -0.4 is 37.9 Å². The highest BCUT2D eigenvalue weighted by Gasteiger charge is 2.43. The Kier molecular flexibility index (Phi) is 39.1. The lowest BCUT2D eigenvalue weighted by atomic mass is 9.74. The van der Waals surface area contributed by atoms with Crippen molar-refractivity contribution in [3.05, 3.63) is 210 Å². The summed E-state index contributed by atoms with van der Waals surface area (Å²) in [6, 6.07) is 42.2. The van der Waals surface area contributed by atoms with Crippen molar-refractivity contribution in [2.45, 2.75) is 386 Å². The first-order chi connectivity index (χ1) is 64.5. The van der Waals surface area contributed by atoms with Gasteiger partial charge in [0.15, 0.2) is 0 Å². The predicted molar refractivity (Wildman–Crippen MR) is 537 cm³/mol. The van der Waals surface area contributed by atoms with E-state index in [1.165, 1.54) is 128 Å². The molecule has 0 radical (unpaired) electrons. The summed E-state index contributed by atoms with van der Waals surface area (Å²) in [6.07, 6.45) is 43.8. The van der Waals surface area contributed by atoms with Gasteiger partial charge in [-0.3, -0.25) is 19.6 Å². The first-order valence-electron chi connectivity index (χ1n) is 52.1. The topological polar surface area (TPSA) is 168 Å². The van der Waals surface area contributed by atoms with Crippen molar-refractivity contribution in [1.82, 2.24) is 19.6 Å². The van der Waals surface area contributed by atoms with Crippen LogP contribution in [0.1, 0.15) is 449 Å². The summed E-state index contributed by atoms with van der Waals surface area (Å²) in [5.74, 6) is 4.67. The Morgan fingerprint density at radius 1 is 0.250 bits per heavy atom. The van der Waals surface area contributed by atoms with E-state index in [9.17, 15) is 20.4 Å². The molecular formula is C116H164N4O12. The Morgan fingerprint density at radius 2 is 0.417 bits per heavy atom. The van der Waals surface area contributed by atoms with Gasteiger partial charge in [0.05, 0.1) is 50.7 Å². The molecule has 0 saturated heterocycles. The molecular weight excluding hydrogens is 1640 g/mol. The molecule has 8 bridgehead atoms. The molecule has 8 aromatic carbocycles. The molecule has 8 aromatic rings. The molecule has 0 spiro atoms. The van der Waals surface area contributed by atoms with E-state index in [-0.39, 0.29) is 74.1 Å². The van der Waals surface area contributed by atoms with Crippen LogP contribution in [0.15, 0.2) is 121 Å². The number of rotatable bonds is 52. The van der Waals surface area contributed by atoms with Crippen molar-refractivity contribution < 1.29 is 58.3 Å². The molecule has 4 aliphatic heterocycles. The minimum atomic E-state index is -0.482. The van der Waals surface area contributed by atoms with E-state index in [0.717, 1.165) is 215 Å². The van der Waals surface area contributed by atoms with Crippen molar-refractivity contribution in [3.63, 3.8) is 0 Å². The monoisotopic (exact) mass is 1810 g/mol. The van der Waals surface area contributed by atoms with Crippen LogP contribution in [0.4, 0.5) is 0 Å². The number of aromatic hydroxyl groups is 4. The number of fused-ring (bicyclic) bond motifs is 16. The Morgan fingerprint density at radius 3 is 0.583 bits per heavy atom. The van der Waals surface area contributed by atoms with Crippen LogP contribution in [-0.2, 0) is 26.2 Å². The van der Waals surface area contributed by atoms with Crippen LogP contribution in [0.25, 0.3) is 0 Å². The molecule has 132 heavy (non-hydrogen) atoms. The van der Waals surface area contributed by atoms with Gasteiger partial charge in [-0.25, -0.2) is 0 Å². The minimum absolute atomic E-state index is 0.135. The summed E-state index contributed by atoms with van der Waals surface area (Å²) in [4.78, 5) is 9.38. The molecule has 0 amide bonds. The average molecular weight is 1810 g/mol. The summed E-state index contributed by atoms with van der Waals surface area (Å²) >= 11 is 0. The molecule has 13 rings (SSSR count). The Hall–Kier alpha value is -8.80. The third kappa shape index (κ3) is 25.3. The smallest absolute Gasteiger partial charge is 0.142 e. The van der Waals surface area contributed by atoms with E-state index in [2.05, 4.69) is 148 Å². The number of hydrogen-bond donors (Lipinski definition) is 4. The van der Waals surface area contributed by atoms with Crippen molar-refractivity contribution >= 4 is 0 Å². The second-order valence-corrected chi connectivity index (χ2v) is 39.4. The van der Waals surface area contributed by atoms with Crippen LogP contribution >= 0.6 is 0 Å². The van der Waals surface area contributed by atoms with Crippen molar-refractivity contribution in [3.8, 4) is 69.0 Å². The largest absolute Gasteiger partial charge is 0.507 e. The first kappa shape index (κ1) is 101. The lowest BCUT2D eigenvalue weighted by molar-refractivity contribution is 0.0582. The number of methoxy groups -OCH3 is 4. The zero-order valence-corrected chi connectivity index (χ0v) is 83.0. The lowest BCUT2D eigenvalue weighted by Crippen LogP contribution is -2.36. The minimum Gasteiger partial charge on any atom is -0.507 e. The van der Waals surface area contributed by atoms with Crippen molar-refractivity contribution in [2.24, 2.45) is 0 Å². The molecule has 720 valence electrons. The Balaban J connectivity index is 1.12. The van der Waals surface area contributed by atoms with Crippen molar-refractivity contribution in [1.29, 1.82) is 0 Å². The van der Waals surface area contributed by atoms with Crippen LogP contribution in [0, 0.1) is 0 Å². The van der Waals surface area contributed by atoms with E-state index in [1.807, 2.05) is 48.5 Å². The standard InChI is InChI=1S/C116H164N4O12/c1-13-17-21-25-29-33-37-41-45-49-93-97-69-102(114-105(109(97)121)73-117(78-130-114)81(5)85-53-61-89(125-9)62-54-85)95(51-47-43-39-35-31-27-23-19-15-3)99-71-104(116-107(111(99)123)75-119(80-132-116)83(7)87-57-65-91(127-11)66-58-87)96(52-48-44-40-36-32-28-24-20-16-4)100-72-103(115-108(112(100)124)76-120(79-131-115)84(8)88-59-67-92(128-12)68-60-88)94(50-46-42-38-34-30-26-22-18-14-2)98-70-101(93)113-106(110(98)122)74-118(77-129-113)82(6)86-55-63-90(126-10)64-56-86/h53-72,81-84,93-96,121-124H,13-52,73-80H2,1-12H3/t81-,82-,83-,84-,93+,94+,95+,96+/m1/s1. The first-order valence-corrected chi connectivity index (χ1v) is 52.1. The van der Waals surface area contributed by atoms with Gasteiger partial charge in [0.25, 0.3) is 0 Å². The van der Waals surface area contributed by atoms with Gasteiger partial charge in [0.1, 0.15) is 95.9 Å². The van der Waals surface area contributed by atoms with Gasteiger partial charge in [0.2, 0.25) is 0 Å². The van der Waals surface area contributed by atoms with Gasteiger partial charge in [0, 0.05) is 119 Å². The zero-order chi connectivity index (χ0) is 92.8. The molecule has 5 aliphatic rings. The highest BCUT2D eigenvalue weighted by atomic mass is 16.5. The third-order valence-electron chi connectivity index (χ3n) is 30.5. The molecule has 16 nitrogen and oxygen atoms in total. The van der Waals surface area contributed by atoms with Crippen molar-refractivity contribution in [2.75, 3.05) is 55.4 Å². The molecule has 0 saturated carbocycles. The van der Waals surface area contributed by atoms with E-state index in [4.69, 9.17) is 37.9 Å². The quantitative estimate of drug-likeness (QED) is 0.0266. The maximum absolute atomic E-state index is 14.6. The second-order valence-electron chi connectivity index (χ2n) is 39.4. The van der Waals surface area contributed by atoms with Gasteiger partial charge in [-0.2, -0.15) is 0 Å². The molecule has 16 heteroatoms. The number of phenols is 4. The van der Waals surface area contributed by atoms with E-state index < -0.39 is 23.7 Å². The predicted octanol–water partition coefficient (Wildman–Crippen LogP) is 30.7. The highest BCUT2D eigenvalue weighted by Crippen LogP contribution is 2.60. The molecule has 0 fully saturated rings. The summed E-state index contributed by atoms with van der Waals surface area (Å²) in [5.41, 5.74) is 14.2. The van der Waals surface area contributed by atoms with Gasteiger partial charge >= 0.3 is 0 Å². The van der Waals surface area contributed by atoms with Gasteiger partial charge in [-0.15, -0.1) is 0 Å². The van der Waals surface area contributed by atoms with E-state index in [0.29, 0.717) is 74.9 Å². The number of benzene rings is 8. The summed E-state index contributed by atoms with van der Waals surface area (Å²) in [5, 5.41) is 58.2. The summed E-state index contributed by atoms with van der Waals surface area (Å²) in [6.45, 7) is 20.6. The van der Waals surface area contributed by atoms with Gasteiger partial charge in [-0.05, 0) is 148 Å². The highest BCUT2D eigenvalue weighted by molar-refractivity contribution is 5.69. The number of ether oxygens (including phenoxy) is 8. The Labute approximate surface area is 794 Å². The Bertz CT molecular complexity index is 4240. The summed E-state index contributed by atoms with van der Waals surface area (Å²) in [7, 11) is 6.84. The number of phenolic OH excluding ortho intramolecular Hbond substituents is 4. The molecule has 4 heterocycles. The normalized spacial score (nSPS) is 17.7. The summed E-state index contributed by atoms with van der Waals surface area (Å²) < 4.78 is 53.4. The second kappa shape index (κ2) is 51.2. The zero-order valence-electron chi connectivity index (χ0n) is 83.0. The molecule has 8 atom stereocenters. The number of nitrogens with zero attached hydrogens (tertiary/aromatic N) is 4. The molecule has 4 N–H and O–H groups in total. The fourth-order valence-corrected chi connectivity index (χ4v) is 21.9. The third-order valence-corrected chi connectivity index (χ3v) is 30.5. The van der Waals surface area contributed by atoms with Crippen LogP contribution in [0.5, 0.6) is 69.0 Å². The van der Waals surface area contributed by atoms with Crippen LogP contribution in [0.2, 0.25) is 0 Å². The number of hydrogen-bond acceptors (Lipinski definition) is 16. The fourth-order valence-electron chi connectivity index (χ4n) is 21.9. The number of unbranched alkanes of at least 4 members (excludes halogenated alkanes) is 32. The van der Waals surface area contributed by atoms with E-state index in [1.54, 1.807) is 28.4 Å². The fraction of sp³-hybridized carbons (Fsp3) is 0.586. The van der Waals surface area contributed by atoms with Gasteiger partial charge < -0.3 is 58.3 Å². The molecule has 1 aliphatic carbocycles. The maximum Gasteiger partial charge on any atom is 0.142 e. The average Bonchev–Trinajstić information content (AvgIpc) is 0.722. The lowest BCUT2D eigenvalue weighted by Gasteiger charge is -2.40. The van der Waals surface area contributed by atoms with E-state index >= 15 is 0 Å². The van der Waals surface area contributed by atoms with Crippen LogP contribution in [0.3, 0.4) is 0 Å². The van der Waals surface area contributed by atoms with Gasteiger partial charge in [-0.1, -0.05) is 307 Å². The SMILES string of the molecule is CCCCCCCCCCC[C@H]1c2cc(c3c(c2O)CN([C@H](C)c2ccc(OC)cc2)CO3)[C@@H](CCCCCCCCCCC)c2cc(c3c(c2O)CN([C@H](C)c2ccc(OC)cc2)CO3)[C@@H](CCCCCCCCCCC)c2cc(c3c(c2O)CN([C@H](C)c2ccc(OC)cc2)CO3)[C@@H](CCCCCCCCCCC)c2cc1c1c(c2O)CN([C@H](C)c2ccc(OC)cc2)CO1. The van der Waals surface area contributed by atoms with Crippen LogP contribution in [-0.4, -0.2) is 95.4 Å². The maximum atomic E-state index is 14.6.